The Morgan fingerprint density at radius 2 is 1.65 bits per heavy atom. The zero-order valence-electron chi connectivity index (χ0n) is 18.7. The molecule has 6 heteroatoms. The van der Waals surface area contributed by atoms with Crippen LogP contribution in [0, 0.1) is 6.92 Å². The molecular formula is C28H24N2O4. The van der Waals surface area contributed by atoms with Crippen molar-refractivity contribution in [2.75, 3.05) is 0 Å². The maximum atomic E-state index is 13.0. The van der Waals surface area contributed by atoms with E-state index in [-0.39, 0.29) is 18.1 Å². The molecule has 2 N–H and O–H groups in total. The van der Waals surface area contributed by atoms with E-state index in [1.165, 1.54) is 6.26 Å². The van der Waals surface area contributed by atoms with E-state index in [9.17, 15) is 9.59 Å². The van der Waals surface area contributed by atoms with Crippen LogP contribution < -0.4 is 15.4 Å². The van der Waals surface area contributed by atoms with E-state index in [0.29, 0.717) is 28.4 Å². The van der Waals surface area contributed by atoms with Crippen LogP contribution in [0.4, 0.5) is 0 Å². The van der Waals surface area contributed by atoms with Crippen molar-refractivity contribution in [3.05, 3.63) is 125 Å². The Kier molecular flexibility index (Phi) is 7.20. The molecule has 3 aromatic carbocycles. The molecule has 0 radical (unpaired) electrons. The molecule has 0 saturated heterocycles. The number of furan rings is 1. The molecule has 0 aliphatic rings. The van der Waals surface area contributed by atoms with Gasteiger partial charge in [0.15, 0.2) is 0 Å². The van der Waals surface area contributed by atoms with Crippen LogP contribution in [0.25, 0.3) is 6.08 Å². The first-order chi connectivity index (χ1) is 16.6. The van der Waals surface area contributed by atoms with Gasteiger partial charge in [0.25, 0.3) is 11.8 Å². The number of nitrogens with one attached hydrogen (secondary N) is 2. The second-order valence-electron chi connectivity index (χ2n) is 7.63. The summed E-state index contributed by atoms with van der Waals surface area (Å²) in [4.78, 5) is 25.8. The average molecular weight is 453 g/mol. The molecule has 0 aliphatic heterocycles. The third kappa shape index (κ3) is 6.23. The summed E-state index contributed by atoms with van der Waals surface area (Å²) in [5.41, 5.74) is 2.30. The minimum absolute atomic E-state index is 0.106. The van der Waals surface area contributed by atoms with Crippen molar-refractivity contribution in [3.63, 3.8) is 0 Å². The van der Waals surface area contributed by atoms with Gasteiger partial charge in [0.05, 0.1) is 12.8 Å². The van der Waals surface area contributed by atoms with Crippen molar-refractivity contribution in [2.45, 2.75) is 13.5 Å². The van der Waals surface area contributed by atoms with Crippen molar-refractivity contribution in [1.29, 1.82) is 0 Å². The Balaban J connectivity index is 1.57. The lowest BCUT2D eigenvalue weighted by Crippen LogP contribution is -2.34. The standard InChI is InChI=1S/C28H24N2O4/c1-20-12-14-22(15-13-20)27(31)30-26(28(32)29-19-25-11-6-16-33-25)18-21-7-5-10-24(17-21)34-23-8-3-2-4-9-23/h2-18H,19H2,1H3,(H,29,32)(H,30,31). The molecule has 4 aromatic rings. The van der Waals surface area contributed by atoms with Gasteiger partial charge >= 0.3 is 0 Å². The normalized spacial score (nSPS) is 11.0. The van der Waals surface area contributed by atoms with Gasteiger partial charge in [0, 0.05) is 5.56 Å². The third-order valence-corrected chi connectivity index (χ3v) is 4.96. The second-order valence-corrected chi connectivity index (χ2v) is 7.63. The zero-order chi connectivity index (χ0) is 23.8. The molecule has 34 heavy (non-hydrogen) atoms. The Hall–Kier alpha value is -4.58. The number of ether oxygens (including phenoxy) is 1. The van der Waals surface area contributed by atoms with Crippen LogP contribution in [-0.4, -0.2) is 11.8 Å². The number of benzene rings is 3. The monoisotopic (exact) mass is 452 g/mol. The second kappa shape index (κ2) is 10.8. The number of rotatable bonds is 8. The van der Waals surface area contributed by atoms with Gasteiger partial charge in [-0.2, -0.15) is 0 Å². The molecule has 0 fully saturated rings. The maximum Gasteiger partial charge on any atom is 0.268 e. The highest BCUT2D eigenvalue weighted by Gasteiger charge is 2.15. The highest BCUT2D eigenvalue weighted by atomic mass is 16.5. The lowest BCUT2D eigenvalue weighted by atomic mass is 10.1. The fraction of sp³-hybridized carbons (Fsp3) is 0.0714. The van der Waals surface area contributed by atoms with Crippen LogP contribution in [0.1, 0.15) is 27.2 Å². The van der Waals surface area contributed by atoms with Crippen LogP contribution in [0.3, 0.4) is 0 Å². The van der Waals surface area contributed by atoms with E-state index >= 15 is 0 Å². The van der Waals surface area contributed by atoms with Gasteiger partial charge < -0.3 is 19.8 Å². The molecule has 170 valence electrons. The predicted octanol–water partition coefficient (Wildman–Crippen LogP) is 5.47. The fourth-order valence-corrected chi connectivity index (χ4v) is 3.19. The first-order valence-corrected chi connectivity index (χ1v) is 10.8. The molecule has 6 nitrogen and oxygen atoms in total. The predicted molar refractivity (Wildman–Crippen MR) is 130 cm³/mol. The highest BCUT2D eigenvalue weighted by molar-refractivity contribution is 6.05. The highest BCUT2D eigenvalue weighted by Crippen LogP contribution is 2.22. The number of hydrogen-bond acceptors (Lipinski definition) is 4. The number of carbonyl (C=O) groups excluding carboxylic acids is 2. The molecular weight excluding hydrogens is 428 g/mol. The van der Waals surface area contributed by atoms with Crippen molar-refractivity contribution in [3.8, 4) is 11.5 Å². The molecule has 0 bridgehead atoms. The first kappa shape index (κ1) is 22.6. The first-order valence-electron chi connectivity index (χ1n) is 10.8. The van der Waals surface area contributed by atoms with Crippen LogP contribution in [0.5, 0.6) is 11.5 Å². The van der Waals surface area contributed by atoms with E-state index in [1.807, 2.05) is 67.6 Å². The summed E-state index contributed by atoms with van der Waals surface area (Å²) in [6.07, 6.45) is 3.15. The summed E-state index contributed by atoms with van der Waals surface area (Å²) in [5.74, 6) is 1.10. The van der Waals surface area contributed by atoms with Gasteiger partial charge in [0.2, 0.25) is 0 Å². The SMILES string of the molecule is Cc1ccc(C(=O)NC(=Cc2cccc(Oc3ccccc3)c2)C(=O)NCc2ccco2)cc1. The average Bonchev–Trinajstić information content (AvgIpc) is 3.37. The van der Waals surface area contributed by atoms with Crippen LogP contribution in [-0.2, 0) is 11.3 Å². The topological polar surface area (TPSA) is 80.6 Å². The molecule has 4 rings (SSSR count). The molecule has 1 heterocycles. The van der Waals surface area contributed by atoms with Crippen molar-refractivity contribution in [1.82, 2.24) is 10.6 Å². The Morgan fingerprint density at radius 3 is 2.38 bits per heavy atom. The van der Waals surface area contributed by atoms with E-state index in [2.05, 4.69) is 10.6 Å². The van der Waals surface area contributed by atoms with E-state index < -0.39 is 5.91 Å². The number of carbonyl (C=O) groups is 2. The van der Waals surface area contributed by atoms with E-state index in [0.717, 1.165) is 5.56 Å². The van der Waals surface area contributed by atoms with Crippen molar-refractivity contribution < 1.29 is 18.7 Å². The quantitative estimate of drug-likeness (QED) is 0.348. The van der Waals surface area contributed by atoms with Gasteiger partial charge in [-0.05, 0) is 67.1 Å². The minimum Gasteiger partial charge on any atom is -0.467 e. The smallest absolute Gasteiger partial charge is 0.268 e. The molecule has 0 atom stereocenters. The zero-order valence-corrected chi connectivity index (χ0v) is 18.7. The molecule has 2 amide bonds. The summed E-state index contributed by atoms with van der Waals surface area (Å²) >= 11 is 0. The molecule has 1 aromatic heterocycles. The summed E-state index contributed by atoms with van der Waals surface area (Å²) in [7, 11) is 0. The number of amides is 2. The van der Waals surface area contributed by atoms with E-state index in [4.69, 9.17) is 9.15 Å². The van der Waals surface area contributed by atoms with Gasteiger partial charge in [-0.25, -0.2) is 0 Å². The van der Waals surface area contributed by atoms with Gasteiger partial charge in [-0.15, -0.1) is 0 Å². The van der Waals surface area contributed by atoms with Gasteiger partial charge in [-0.1, -0.05) is 48.0 Å². The van der Waals surface area contributed by atoms with Crippen molar-refractivity contribution >= 4 is 17.9 Å². The lowest BCUT2D eigenvalue weighted by molar-refractivity contribution is -0.118. The lowest BCUT2D eigenvalue weighted by Gasteiger charge is -2.11. The fourth-order valence-electron chi connectivity index (χ4n) is 3.19. The molecule has 0 unspecified atom stereocenters. The van der Waals surface area contributed by atoms with E-state index in [1.54, 1.807) is 36.4 Å². The van der Waals surface area contributed by atoms with Crippen LogP contribution in [0.15, 0.2) is 107 Å². The summed E-state index contributed by atoms with van der Waals surface area (Å²) in [5, 5.41) is 5.52. The van der Waals surface area contributed by atoms with Crippen molar-refractivity contribution in [2.24, 2.45) is 0 Å². The van der Waals surface area contributed by atoms with Crippen LogP contribution >= 0.6 is 0 Å². The van der Waals surface area contributed by atoms with Crippen LogP contribution in [0.2, 0.25) is 0 Å². The van der Waals surface area contributed by atoms with Gasteiger partial charge in [0.1, 0.15) is 23.0 Å². The number of aryl methyl sites for hydroxylation is 1. The largest absolute Gasteiger partial charge is 0.467 e. The van der Waals surface area contributed by atoms with Gasteiger partial charge in [-0.3, -0.25) is 9.59 Å². The summed E-state index contributed by atoms with van der Waals surface area (Å²) in [6, 6.07) is 27.3. The number of para-hydroxylation sites is 1. The Morgan fingerprint density at radius 1 is 0.882 bits per heavy atom. The Bertz CT molecular complexity index is 1280. The Labute approximate surface area is 197 Å². The summed E-state index contributed by atoms with van der Waals surface area (Å²) in [6.45, 7) is 2.14. The minimum atomic E-state index is -0.439. The maximum absolute atomic E-state index is 13.0. The number of hydrogen-bond donors (Lipinski definition) is 2. The molecule has 0 spiro atoms. The summed E-state index contributed by atoms with van der Waals surface area (Å²) < 4.78 is 11.2. The molecule has 0 aliphatic carbocycles. The molecule has 0 saturated carbocycles. The third-order valence-electron chi connectivity index (χ3n) is 4.96.